The maximum absolute atomic E-state index is 5.13. The zero-order chi connectivity index (χ0) is 5.28. The monoisotopic (exact) mass is 135 g/mol. The molecule has 0 radical (unpaired) electrons. The molecular formula is C2H6ClN5. The predicted molar refractivity (Wildman–Crippen MR) is 22.7 cm³/mol. The van der Waals surface area contributed by atoms with Crippen molar-refractivity contribution in [2.24, 2.45) is 0 Å². The summed E-state index contributed by atoms with van der Waals surface area (Å²) in [5, 5.41) is 3.55. The normalized spacial score (nSPS) is 8.00. The maximum atomic E-state index is 5.13. The fourth-order valence-corrected chi connectivity index (χ4v) is 0.315. The SMILES string of the molecule is Nn1c[n+](N)cn1.[Cl-]. The van der Waals surface area contributed by atoms with Crippen molar-refractivity contribution in [1.29, 1.82) is 0 Å². The van der Waals surface area contributed by atoms with Crippen LogP contribution in [-0.4, -0.2) is 9.89 Å². The first kappa shape index (κ1) is 7.03. The van der Waals surface area contributed by atoms with Gasteiger partial charge in [-0.05, 0) is 4.79 Å². The second-order valence-corrected chi connectivity index (χ2v) is 1.17. The van der Waals surface area contributed by atoms with Crippen molar-refractivity contribution in [2.75, 3.05) is 11.7 Å². The number of halogens is 1. The van der Waals surface area contributed by atoms with Crippen LogP contribution in [0.4, 0.5) is 0 Å². The van der Waals surface area contributed by atoms with Gasteiger partial charge in [0, 0.05) is 0 Å². The van der Waals surface area contributed by atoms with Crippen molar-refractivity contribution < 1.29 is 17.1 Å². The third-order valence-corrected chi connectivity index (χ3v) is 0.570. The van der Waals surface area contributed by atoms with E-state index < -0.39 is 0 Å². The Balaban J connectivity index is 0.000000490. The molecule has 0 aliphatic carbocycles. The van der Waals surface area contributed by atoms with Gasteiger partial charge in [-0.3, -0.25) is 11.7 Å². The van der Waals surface area contributed by atoms with Crippen molar-refractivity contribution >= 4 is 0 Å². The quantitative estimate of drug-likeness (QED) is 0.276. The summed E-state index contributed by atoms with van der Waals surface area (Å²) in [6.07, 6.45) is 2.85. The highest BCUT2D eigenvalue weighted by molar-refractivity contribution is 4.38. The molecule has 5 nitrogen and oxygen atoms in total. The van der Waals surface area contributed by atoms with Crippen LogP contribution in [-0.2, 0) is 0 Å². The molecule has 0 spiro atoms. The average molecular weight is 136 g/mol. The first-order valence-corrected chi connectivity index (χ1v) is 1.75. The number of nitrogens with zero attached hydrogens (tertiary/aromatic N) is 3. The molecular weight excluding hydrogens is 130 g/mol. The van der Waals surface area contributed by atoms with E-state index in [2.05, 4.69) is 5.10 Å². The Hall–Kier alpha value is -0.970. The van der Waals surface area contributed by atoms with Crippen LogP contribution in [0.25, 0.3) is 0 Å². The zero-order valence-electron chi connectivity index (χ0n) is 4.03. The van der Waals surface area contributed by atoms with Crippen molar-refractivity contribution in [1.82, 2.24) is 9.89 Å². The molecule has 1 rings (SSSR count). The van der Waals surface area contributed by atoms with Crippen molar-refractivity contribution in [2.45, 2.75) is 0 Å². The van der Waals surface area contributed by atoms with Crippen LogP contribution in [0.3, 0.4) is 0 Å². The molecule has 1 aromatic rings. The van der Waals surface area contributed by atoms with Crippen LogP contribution in [0, 0.1) is 0 Å². The highest BCUT2D eigenvalue weighted by atomic mass is 35.5. The van der Waals surface area contributed by atoms with E-state index in [1.807, 2.05) is 0 Å². The number of rotatable bonds is 0. The van der Waals surface area contributed by atoms with Gasteiger partial charge in [0.05, 0.1) is 5.10 Å². The molecule has 1 aromatic heterocycles. The van der Waals surface area contributed by atoms with Gasteiger partial charge in [0.25, 0.3) is 12.7 Å². The smallest absolute Gasteiger partial charge is 0.289 e. The molecule has 0 aliphatic rings. The first-order chi connectivity index (χ1) is 3.29. The van der Waals surface area contributed by atoms with Gasteiger partial charge in [0.15, 0.2) is 0 Å². The second kappa shape index (κ2) is 2.37. The van der Waals surface area contributed by atoms with Crippen LogP contribution in [0.15, 0.2) is 12.7 Å². The summed E-state index contributed by atoms with van der Waals surface area (Å²) in [6, 6.07) is 0. The minimum Gasteiger partial charge on any atom is -1.00 e. The van der Waals surface area contributed by atoms with Gasteiger partial charge in [0.1, 0.15) is 0 Å². The van der Waals surface area contributed by atoms with E-state index in [1.165, 1.54) is 17.3 Å². The number of nitrogen functional groups attached to an aromatic ring is 2. The average Bonchev–Trinajstić information content (AvgIpc) is 1.87. The highest BCUT2D eigenvalue weighted by Crippen LogP contribution is 1.55. The van der Waals surface area contributed by atoms with E-state index >= 15 is 0 Å². The molecule has 8 heavy (non-hydrogen) atoms. The molecule has 6 heteroatoms. The summed E-state index contributed by atoms with van der Waals surface area (Å²) < 4.78 is 1.26. The number of aromatic nitrogens is 3. The van der Waals surface area contributed by atoms with E-state index in [-0.39, 0.29) is 12.4 Å². The molecule has 0 unspecified atom stereocenters. The lowest BCUT2D eigenvalue weighted by molar-refractivity contribution is -0.639. The van der Waals surface area contributed by atoms with E-state index in [1.54, 1.807) is 0 Å². The fourth-order valence-electron chi connectivity index (χ4n) is 0.315. The molecule has 0 bridgehead atoms. The van der Waals surface area contributed by atoms with Gasteiger partial charge >= 0.3 is 0 Å². The van der Waals surface area contributed by atoms with Gasteiger partial charge in [-0.15, -0.1) is 4.68 Å². The van der Waals surface area contributed by atoms with Crippen LogP contribution >= 0.6 is 0 Å². The van der Waals surface area contributed by atoms with Gasteiger partial charge < -0.3 is 12.4 Å². The summed E-state index contributed by atoms with van der Waals surface area (Å²) in [7, 11) is 0. The summed E-state index contributed by atoms with van der Waals surface area (Å²) in [5.41, 5.74) is 0. The van der Waals surface area contributed by atoms with E-state index in [9.17, 15) is 0 Å². The summed E-state index contributed by atoms with van der Waals surface area (Å²) in [6.45, 7) is 0. The maximum Gasteiger partial charge on any atom is 0.289 e. The van der Waals surface area contributed by atoms with Crippen LogP contribution in [0.2, 0.25) is 0 Å². The lowest BCUT2D eigenvalue weighted by atomic mass is 11.3. The Bertz CT molecular complexity index is 143. The van der Waals surface area contributed by atoms with Crippen molar-refractivity contribution in [3.05, 3.63) is 12.7 Å². The Labute approximate surface area is 52.2 Å². The Morgan fingerprint density at radius 3 is 2.38 bits per heavy atom. The molecule has 0 aromatic carbocycles. The first-order valence-electron chi connectivity index (χ1n) is 1.75. The third-order valence-electron chi connectivity index (χ3n) is 0.570. The fraction of sp³-hybridized carbons (Fsp3) is 0. The van der Waals surface area contributed by atoms with Crippen LogP contribution in [0.5, 0.6) is 0 Å². The Morgan fingerprint density at radius 1 is 1.62 bits per heavy atom. The predicted octanol–water partition coefficient (Wildman–Crippen LogP) is -5.40. The molecule has 0 saturated carbocycles. The summed E-state index contributed by atoms with van der Waals surface area (Å²) in [4.78, 5) is 1.12. The minimum absolute atomic E-state index is 0. The lowest BCUT2D eigenvalue weighted by Crippen LogP contribution is -3.00. The molecule has 0 fully saturated rings. The zero-order valence-corrected chi connectivity index (χ0v) is 4.78. The molecule has 1 heterocycles. The van der Waals surface area contributed by atoms with Crippen molar-refractivity contribution in [3.63, 3.8) is 0 Å². The minimum atomic E-state index is 0. The molecule has 4 N–H and O–H groups in total. The Kier molecular flexibility index (Phi) is 2.08. The second-order valence-electron chi connectivity index (χ2n) is 1.17. The molecule has 0 aliphatic heterocycles. The van der Waals surface area contributed by atoms with E-state index in [0.29, 0.717) is 0 Å². The van der Waals surface area contributed by atoms with Crippen LogP contribution < -0.4 is 28.8 Å². The van der Waals surface area contributed by atoms with E-state index in [4.69, 9.17) is 11.7 Å². The number of hydrogen-bond donors (Lipinski definition) is 2. The lowest BCUT2D eigenvalue weighted by Gasteiger charge is -1.70. The number of nitrogens with two attached hydrogens (primary N) is 2. The number of hydrogen-bond acceptors (Lipinski definition) is 3. The third kappa shape index (κ3) is 1.27. The van der Waals surface area contributed by atoms with Crippen molar-refractivity contribution in [3.8, 4) is 0 Å². The standard InChI is InChI=1S/C2H6N5.ClH/c3-6-1-5-7(4)2-6;/h1-2H,3-4H2;1H/q+1;/p-1. The van der Waals surface area contributed by atoms with Gasteiger partial charge in [-0.1, -0.05) is 0 Å². The molecule has 0 atom stereocenters. The van der Waals surface area contributed by atoms with Crippen LogP contribution in [0.1, 0.15) is 0 Å². The summed E-state index contributed by atoms with van der Waals surface area (Å²) >= 11 is 0. The summed E-state index contributed by atoms with van der Waals surface area (Å²) in [5.74, 6) is 10.2. The van der Waals surface area contributed by atoms with Gasteiger partial charge in [0.2, 0.25) is 0 Å². The largest absolute Gasteiger partial charge is 1.00 e. The molecule has 0 saturated heterocycles. The topological polar surface area (TPSA) is 73.7 Å². The Morgan fingerprint density at radius 2 is 2.25 bits per heavy atom. The van der Waals surface area contributed by atoms with Gasteiger partial charge in [-0.25, -0.2) is 0 Å². The van der Waals surface area contributed by atoms with E-state index in [0.717, 1.165) is 4.79 Å². The molecule has 46 valence electrons. The highest BCUT2D eigenvalue weighted by Gasteiger charge is 1.92. The molecule has 0 amide bonds. The van der Waals surface area contributed by atoms with Gasteiger partial charge in [-0.2, -0.15) is 0 Å².